The van der Waals surface area contributed by atoms with Gasteiger partial charge in [-0.15, -0.1) is 0 Å². The number of phenols is 1. The van der Waals surface area contributed by atoms with E-state index in [0.29, 0.717) is 11.3 Å². The van der Waals surface area contributed by atoms with Crippen molar-refractivity contribution < 1.29 is 38.6 Å². The van der Waals surface area contributed by atoms with Crippen LogP contribution in [0.3, 0.4) is 0 Å². The van der Waals surface area contributed by atoms with Crippen molar-refractivity contribution in [3.8, 4) is 5.75 Å². The first-order valence-electron chi connectivity index (χ1n) is 11.5. The molecule has 4 N–H and O–H groups in total. The van der Waals surface area contributed by atoms with Crippen LogP contribution in [0.1, 0.15) is 36.2 Å². The fraction of sp³-hybridized carbons (Fsp3) is 0.560. The van der Waals surface area contributed by atoms with Crippen LogP contribution in [0, 0.1) is 28.5 Å². The Hall–Kier alpha value is -3.18. The highest BCUT2D eigenvalue weighted by Gasteiger charge is 2.76. The third-order valence-electron chi connectivity index (χ3n) is 8.40. The van der Waals surface area contributed by atoms with Crippen molar-refractivity contribution in [2.75, 3.05) is 33.1 Å². The Morgan fingerprint density at radius 3 is 2.19 bits per heavy atom. The molecule has 1 aromatic rings. The van der Waals surface area contributed by atoms with Gasteiger partial charge in [-0.2, -0.15) is 0 Å². The number of ketones is 4. The molecule has 11 heteroatoms. The van der Waals surface area contributed by atoms with Gasteiger partial charge in [0.2, 0.25) is 5.91 Å². The van der Waals surface area contributed by atoms with Crippen LogP contribution >= 0.6 is 0 Å². The molecule has 6 atom stereocenters. The van der Waals surface area contributed by atoms with Crippen LogP contribution in [0.4, 0.5) is 10.1 Å². The van der Waals surface area contributed by atoms with Gasteiger partial charge in [0.15, 0.2) is 46.2 Å². The van der Waals surface area contributed by atoms with E-state index in [2.05, 4.69) is 0 Å². The molecule has 0 spiro atoms. The van der Waals surface area contributed by atoms with Gasteiger partial charge in [-0.05, 0) is 37.9 Å². The van der Waals surface area contributed by atoms with Crippen molar-refractivity contribution in [3.05, 3.63) is 23.0 Å². The zero-order valence-corrected chi connectivity index (χ0v) is 21.0. The first kappa shape index (κ1) is 25.9. The molecule has 3 aliphatic rings. The van der Waals surface area contributed by atoms with Gasteiger partial charge in [0.1, 0.15) is 0 Å². The summed E-state index contributed by atoms with van der Waals surface area (Å²) in [5.74, 6) is -11.3. The van der Waals surface area contributed by atoms with Gasteiger partial charge >= 0.3 is 0 Å². The lowest BCUT2D eigenvalue weighted by molar-refractivity contribution is -0.203. The van der Waals surface area contributed by atoms with Crippen molar-refractivity contribution in [2.45, 2.75) is 38.3 Å². The summed E-state index contributed by atoms with van der Waals surface area (Å²) in [6.07, 6.45) is -0.103. The molecule has 2 unspecified atom stereocenters. The molecule has 0 bridgehead atoms. The van der Waals surface area contributed by atoms with Crippen molar-refractivity contribution >= 4 is 34.7 Å². The number of carbonyl (C=O) groups is 5. The van der Waals surface area contributed by atoms with Gasteiger partial charge in [-0.25, -0.2) is 4.39 Å². The third-order valence-corrected chi connectivity index (χ3v) is 8.40. The number of aliphatic hydroxyl groups is 1. The molecule has 2 saturated carbocycles. The molecular weight excluding hydrogens is 473 g/mol. The fourth-order valence-electron chi connectivity index (χ4n) is 7.13. The second-order valence-electron chi connectivity index (χ2n) is 11.2. The molecule has 3 aliphatic carbocycles. The Labute approximate surface area is 207 Å². The van der Waals surface area contributed by atoms with Crippen molar-refractivity contribution in [1.29, 1.82) is 0 Å². The summed E-state index contributed by atoms with van der Waals surface area (Å²) in [6, 6.07) is -0.146. The Kier molecular flexibility index (Phi) is 5.51. The van der Waals surface area contributed by atoms with Gasteiger partial charge in [-0.1, -0.05) is 13.8 Å². The molecule has 0 aliphatic heterocycles. The number of nitrogens with zero attached hydrogens (tertiary/aromatic N) is 2. The third kappa shape index (κ3) is 2.92. The number of aromatic hydroxyl groups is 1. The smallest absolute Gasteiger partial charge is 0.235 e. The summed E-state index contributed by atoms with van der Waals surface area (Å²) >= 11 is 0. The highest BCUT2D eigenvalue weighted by atomic mass is 19.1. The highest BCUT2D eigenvalue weighted by Crippen LogP contribution is 2.62. The maximum absolute atomic E-state index is 14.6. The number of benzene rings is 1. The highest BCUT2D eigenvalue weighted by molar-refractivity contribution is 6.33. The van der Waals surface area contributed by atoms with E-state index in [1.54, 1.807) is 25.9 Å². The van der Waals surface area contributed by atoms with E-state index >= 15 is 0 Å². The number of likely N-dealkylation sites (N-methyl/N-ethyl adjacent to an activating group) is 1. The molecule has 0 radical (unpaired) electrons. The number of Topliss-reactive ketones (excluding diaryl/α,β-unsaturated/α-hetero) is 4. The minimum absolute atomic E-state index is 0.0271. The minimum atomic E-state index is -2.89. The predicted octanol–water partition coefficient (Wildman–Crippen LogP) is -0.148. The zero-order valence-electron chi connectivity index (χ0n) is 21.0. The number of halogens is 1. The van der Waals surface area contributed by atoms with Gasteiger partial charge in [0, 0.05) is 31.3 Å². The van der Waals surface area contributed by atoms with Gasteiger partial charge < -0.3 is 20.8 Å². The molecule has 0 saturated heterocycles. The zero-order chi connectivity index (χ0) is 27.3. The number of anilines is 1. The fourth-order valence-corrected chi connectivity index (χ4v) is 7.13. The summed E-state index contributed by atoms with van der Waals surface area (Å²) in [5, 5.41) is 22.3. The molecule has 4 rings (SSSR count). The van der Waals surface area contributed by atoms with E-state index in [1.807, 2.05) is 0 Å². The van der Waals surface area contributed by atoms with E-state index in [-0.39, 0.29) is 18.4 Å². The molecule has 0 heterocycles. The van der Waals surface area contributed by atoms with Crippen molar-refractivity contribution in [1.82, 2.24) is 4.90 Å². The maximum Gasteiger partial charge on any atom is 0.235 e. The average Bonchev–Trinajstić information content (AvgIpc) is 2.72. The van der Waals surface area contributed by atoms with Crippen LogP contribution in [0.15, 0.2) is 6.07 Å². The van der Waals surface area contributed by atoms with Gasteiger partial charge in [-0.3, -0.25) is 28.9 Å². The summed E-state index contributed by atoms with van der Waals surface area (Å²) in [7, 11) is 6.32. The predicted molar refractivity (Wildman–Crippen MR) is 125 cm³/mol. The molecule has 1 amide bonds. The van der Waals surface area contributed by atoms with E-state index in [9.17, 15) is 38.6 Å². The molecule has 10 nitrogen and oxygen atoms in total. The Morgan fingerprint density at radius 2 is 1.69 bits per heavy atom. The number of rotatable bonds is 3. The molecular formula is C25H30FN3O7. The Balaban J connectivity index is 2.01. The molecule has 0 aromatic heterocycles. The topological polar surface area (TPSA) is 158 Å². The number of nitrogens with two attached hydrogens (primary N) is 1. The summed E-state index contributed by atoms with van der Waals surface area (Å²) in [4.78, 5) is 69.8. The quantitative estimate of drug-likeness (QED) is 0.477. The van der Waals surface area contributed by atoms with Crippen LogP contribution in [-0.4, -0.2) is 84.0 Å². The number of phenolic OH excluding ortho intramolecular Hbond substituents is 1. The van der Waals surface area contributed by atoms with Crippen molar-refractivity contribution in [3.63, 3.8) is 0 Å². The number of hydrogen-bond acceptors (Lipinski definition) is 9. The lowest BCUT2D eigenvalue weighted by Crippen LogP contribution is -2.79. The van der Waals surface area contributed by atoms with Crippen LogP contribution in [0.25, 0.3) is 0 Å². The van der Waals surface area contributed by atoms with E-state index in [1.165, 1.54) is 25.9 Å². The molecule has 2 fully saturated rings. The summed E-state index contributed by atoms with van der Waals surface area (Å²) < 4.78 is 14.6. The average molecular weight is 504 g/mol. The minimum Gasteiger partial charge on any atom is -0.504 e. The van der Waals surface area contributed by atoms with E-state index in [0.717, 1.165) is 6.07 Å². The molecule has 1 aromatic carbocycles. The largest absolute Gasteiger partial charge is 0.504 e. The lowest BCUT2D eigenvalue weighted by Gasteiger charge is -2.61. The number of fused-ring (bicyclic) bond motifs is 3. The maximum atomic E-state index is 14.6. The van der Waals surface area contributed by atoms with Crippen LogP contribution in [0.2, 0.25) is 0 Å². The van der Waals surface area contributed by atoms with E-state index in [4.69, 9.17) is 5.73 Å². The number of carbonyl (C=O) groups excluding carboxylic acids is 5. The van der Waals surface area contributed by atoms with Crippen molar-refractivity contribution in [2.24, 2.45) is 28.4 Å². The normalized spacial score (nSPS) is 35.9. The lowest BCUT2D eigenvalue weighted by atomic mass is 9.42. The first-order valence-corrected chi connectivity index (χ1v) is 11.5. The standard InChI is InChI=1S/C25H30FN3O7/c1-23-8-10-12(28(3)4)7-11(26)16(30)13(10)17(31)15(23)21(34)25(36)20(33)14(22(27)35)18(32)19(29(5)6)24(25,2)9-23/h7,14-15,19,30,36H,8-9H2,1-6H3,(H2,27,35)/t14?,15?,19-,23+,24+,25-/m1/s1. The number of amides is 1. The number of primary amides is 1. The summed E-state index contributed by atoms with van der Waals surface area (Å²) in [6.45, 7) is 3.07. The Bertz CT molecular complexity index is 1260. The molecule has 194 valence electrons. The van der Waals surface area contributed by atoms with Gasteiger partial charge in [0.05, 0.1) is 17.5 Å². The van der Waals surface area contributed by atoms with Gasteiger partial charge in [0.25, 0.3) is 0 Å². The number of hydrogen-bond donors (Lipinski definition) is 3. The second kappa shape index (κ2) is 7.66. The molecule has 36 heavy (non-hydrogen) atoms. The van der Waals surface area contributed by atoms with Crippen LogP contribution in [0.5, 0.6) is 5.75 Å². The summed E-state index contributed by atoms with van der Waals surface area (Å²) in [5.41, 5.74) is -0.177. The second-order valence-corrected chi connectivity index (χ2v) is 11.2. The monoisotopic (exact) mass is 503 g/mol. The van der Waals surface area contributed by atoms with Crippen LogP contribution < -0.4 is 10.6 Å². The Morgan fingerprint density at radius 1 is 1.11 bits per heavy atom. The van der Waals surface area contributed by atoms with E-state index < -0.39 is 74.9 Å². The SMILES string of the molecule is CN(C)c1cc(F)c(O)c2c1C[C@@]1(C)C[C@@]3(C)[C@H](N(C)C)C(=O)C(C(N)=O)C(=O)[C@@]3(O)C(=O)C1C2=O. The van der Waals surface area contributed by atoms with Crippen LogP contribution in [-0.2, 0) is 25.6 Å². The first-order chi connectivity index (χ1) is 16.5.